The minimum absolute atomic E-state index is 0.0144. The van der Waals surface area contributed by atoms with Crippen molar-refractivity contribution in [3.63, 3.8) is 0 Å². The molecule has 1 aliphatic rings. The lowest BCUT2D eigenvalue weighted by Gasteiger charge is -2.28. The van der Waals surface area contributed by atoms with Gasteiger partial charge >= 0.3 is 5.97 Å². The van der Waals surface area contributed by atoms with Crippen LogP contribution in [0.4, 0.5) is 8.78 Å². The average Bonchev–Trinajstić information content (AvgIpc) is 3.39. The fourth-order valence-electron chi connectivity index (χ4n) is 5.44. The third-order valence-electron chi connectivity index (χ3n) is 7.40. The molecule has 0 spiro atoms. The van der Waals surface area contributed by atoms with Crippen molar-refractivity contribution in [2.75, 3.05) is 13.7 Å². The molecule has 4 aromatic rings. The average molecular weight is 609 g/mol. The number of amides is 1. The number of halogens is 2. The molecule has 1 unspecified atom stereocenters. The number of aryl methyl sites for hydroxylation is 1. The van der Waals surface area contributed by atoms with Gasteiger partial charge in [0.25, 0.3) is 5.91 Å². The molecule has 2 N–H and O–H groups in total. The van der Waals surface area contributed by atoms with Crippen LogP contribution in [-0.4, -0.2) is 50.9 Å². The first-order valence-electron chi connectivity index (χ1n) is 14.2. The molecule has 232 valence electrons. The molecule has 1 atom stereocenters. The van der Waals surface area contributed by atoms with E-state index in [1.165, 1.54) is 42.0 Å². The Kier molecular flexibility index (Phi) is 8.30. The Hall–Kier alpha value is -4.58. The molecule has 2 aromatic heterocycles. The highest BCUT2D eigenvalue weighted by atomic mass is 19.1. The normalized spacial score (nSPS) is 13.7. The highest BCUT2D eigenvalue weighted by molar-refractivity contribution is 5.93. The zero-order valence-corrected chi connectivity index (χ0v) is 25.4. The number of aromatic nitrogens is 3. The van der Waals surface area contributed by atoms with Crippen LogP contribution in [0.1, 0.15) is 71.7 Å². The van der Waals surface area contributed by atoms with Gasteiger partial charge in [-0.15, -0.1) is 0 Å². The molecular formula is C32H34F2N4O6. The number of methoxy groups -OCH3 is 1. The van der Waals surface area contributed by atoms with Gasteiger partial charge in [-0.25, -0.2) is 23.1 Å². The highest BCUT2D eigenvalue weighted by Crippen LogP contribution is 2.41. The van der Waals surface area contributed by atoms with E-state index in [1.807, 2.05) is 6.92 Å². The first kappa shape index (κ1) is 30.9. The number of aliphatic carboxylic acids is 1. The van der Waals surface area contributed by atoms with E-state index in [0.29, 0.717) is 47.4 Å². The van der Waals surface area contributed by atoms with Gasteiger partial charge in [0, 0.05) is 46.6 Å². The Balaban J connectivity index is 1.68. The Morgan fingerprint density at radius 2 is 1.93 bits per heavy atom. The van der Waals surface area contributed by atoms with Gasteiger partial charge in [0.15, 0.2) is 29.0 Å². The minimum Gasteiger partial charge on any atom is -0.496 e. The molecule has 0 aliphatic carbocycles. The smallest absolute Gasteiger partial charge is 0.337 e. The van der Waals surface area contributed by atoms with E-state index >= 15 is 4.39 Å². The Bertz CT molecular complexity index is 1780. The Morgan fingerprint density at radius 3 is 2.61 bits per heavy atom. The molecule has 0 saturated carbocycles. The number of hydrogen-bond donors (Lipinski definition) is 2. The number of benzene rings is 2. The van der Waals surface area contributed by atoms with Crippen molar-refractivity contribution in [2.24, 2.45) is 0 Å². The van der Waals surface area contributed by atoms with Gasteiger partial charge in [0.1, 0.15) is 11.6 Å². The van der Waals surface area contributed by atoms with Crippen molar-refractivity contribution >= 4 is 17.5 Å². The number of nitrogens with zero attached hydrogens (tertiary/aromatic N) is 3. The number of carboxylic acid groups (broad SMARTS) is 1. The van der Waals surface area contributed by atoms with E-state index in [9.17, 15) is 19.1 Å². The summed E-state index contributed by atoms with van der Waals surface area (Å²) in [6.45, 7) is 9.08. The van der Waals surface area contributed by atoms with Crippen LogP contribution in [0.25, 0.3) is 16.9 Å². The van der Waals surface area contributed by atoms with Crippen LogP contribution < -0.4 is 14.8 Å². The van der Waals surface area contributed by atoms with Gasteiger partial charge in [-0.1, -0.05) is 6.07 Å². The molecule has 0 saturated heterocycles. The molecule has 3 heterocycles. The third-order valence-corrected chi connectivity index (χ3v) is 7.40. The van der Waals surface area contributed by atoms with E-state index in [1.54, 1.807) is 27.7 Å². The summed E-state index contributed by atoms with van der Waals surface area (Å²) in [5.74, 6) is -2.43. The zero-order valence-electron chi connectivity index (χ0n) is 25.4. The maximum absolute atomic E-state index is 15.5. The zero-order chi connectivity index (χ0) is 31.9. The SMILES string of the molecule is COc1cc(F)ccc1CNC(=O)c1cc2nc(C)c(C(OC(C)(C)C)C(=O)O)c(-c3cc(F)c4c(c3C)CCCO4)n2n1. The second kappa shape index (κ2) is 11.8. The van der Waals surface area contributed by atoms with E-state index in [-0.39, 0.29) is 40.6 Å². The minimum atomic E-state index is -1.48. The quantitative estimate of drug-likeness (QED) is 0.269. The second-order valence-electron chi connectivity index (χ2n) is 11.6. The number of carboxylic acids is 1. The summed E-state index contributed by atoms with van der Waals surface area (Å²) in [5.41, 5.74) is 2.43. The van der Waals surface area contributed by atoms with Gasteiger partial charge in [-0.3, -0.25) is 4.79 Å². The maximum atomic E-state index is 15.5. The number of hydrogen-bond acceptors (Lipinski definition) is 7. The van der Waals surface area contributed by atoms with Crippen LogP contribution in [0.15, 0.2) is 30.3 Å². The summed E-state index contributed by atoms with van der Waals surface area (Å²) < 4.78 is 47.4. The van der Waals surface area contributed by atoms with Crippen molar-refractivity contribution in [3.8, 4) is 22.8 Å². The predicted octanol–water partition coefficient (Wildman–Crippen LogP) is 5.50. The van der Waals surface area contributed by atoms with Crippen LogP contribution in [0.5, 0.6) is 11.5 Å². The molecule has 10 nitrogen and oxygen atoms in total. The number of nitrogens with one attached hydrogen (secondary N) is 1. The summed E-state index contributed by atoms with van der Waals surface area (Å²) in [6.07, 6.45) is -0.205. The topological polar surface area (TPSA) is 124 Å². The first-order chi connectivity index (χ1) is 20.8. The van der Waals surface area contributed by atoms with Crippen LogP contribution in [0.2, 0.25) is 0 Å². The van der Waals surface area contributed by atoms with Crippen molar-refractivity contribution in [1.82, 2.24) is 19.9 Å². The maximum Gasteiger partial charge on any atom is 0.337 e. The lowest BCUT2D eigenvalue weighted by Crippen LogP contribution is -2.29. The highest BCUT2D eigenvalue weighted by Gasteiger charge is 2.35. The fraction of sp³-hybridized carbons (Fsp3) is 0.375. The summed E-state index contributed by atoms with van der Waals surface area (Å²) >= 11 is 0. The van der Waals surface area contributed by atoms with E-state index < -0.39 is 35.2 Å². The largest absolute Gasteiger partial charge is 0.496 e. The number of rotatable bonds is 8. The molecule has 1 amide bonds. The molecule has 0 bridgehead atoms. The van der Waals surface area contributed by atoms with Gasteiger partial charge in [-0.05, 0) is 65.2 Å². The summed E-state index contributed by atoms with van der Waals surface area (Å²) in [5, 5.41) is 17.6. The van der Waals surface area contributed by atoms with Crippen molar-refractivity contribution in [3.05, 3.63) is 75.6 Å². The summed E-state index contributed by atoms with van der Waals surface area (Å²) in [6, 6.07) is 6.75. The van der Waals surface area contributed by atoms with E-state index in [2.05, 4.69) is 15.4 Å². The van der Waals surface area contributed by atoms with Crippen LogP contribution in [0.3, 0.4) is 0 Å². The molecule has 0 fully saturated rings. The number of carbonyl (C=O) groups is 2. The van der Waals surface area contributed by atoms with E-state index in [0.717, 1.165) is 0 Å². The van der Waals surface area contributed by atoms with E-state index in [4.69, 9.17) is 14.2 Å². The first-order valence-corrected chi connectivity index (χ1v) is 14.2. The van der Waals surface area contributed by atoms with Crippen molar-refractivity contribution in [2.45, 2.75) is 65.7 Å². The lowest BCUT2D eigenvalue weighted by molar-refractivity contribution is -0.160. The monoisotopic (exact) mass is 608 g/mol. The van der Waals surface area contributed by atoms with Gasteiger partial charge < -0.3 is 24.6 Å². The van der Waals surface area contributed by atoms with Crippen molar-refractivity contribution < 1.29 is 37.7 Å². The van der Waals surface area contributed by atoms with Gasteiger partial charge in [0.2, 0.25) is 0 Å². The molecule has 12 heteroatoms. The predicted molar refractivity (Wildman–Crippen MR) is 157 cm³/mol. The molecule has 5 rings (SSSR count). The standard InChI is InChI=1S/C32H34F2N4O6/c1-16-20-8-7-11-43-28(20)22(34)13-21(16)27-26(29(31(40)41)44-32(3,4)5)17(2)36-25-14-23(37-38(25)27)30(39)35-15-18-9-10-19(33)12-24(18)42-6/h9-10,12-14,29H,7-8,11,15H2,1-6H3,(H,35,39)(H,40,41). The lowest BCUT2D eigenvalue weighted by atomic mass is 9.91. The summed E-state index contributed by atoms with van der Waals surface area (Å²) in [7, 11) is 1.40. The van der Waals surface area contributed by atoms with Crippen LogP contribution >= 0.6 is 0 Å². The fourth-order valence-corrected chi connectivity index (χ4v) is 5.44. The Labute approximate surface area is 253 Å². The third kappa shape index (κ3) is 5.94. The second-order valence-corrected chi connectivity index (χ2v) is 11.6. The molecule has 2 aromatic carbocycles. The molecule has 1 aliphatic heterocycles. The Morgan fingerprint density at radius 1 is 1.18 bits per heavy atom. The van der Waals surface area contributed by atoms with Crippen molar-refractivity contribution in [1.29, 1.82) is 0 Å². The van der Waals surface area contributed by atoms with Crippen LogP contribution in [0, 0.1) is 25.5 Å². The number of carbonyl (C=O) groups excluding carboxylic acids is 1. The van der Waals surface area contributed by atoms with Gasteiger partial charge in [-0.2, -0.15) is 5.10 Å². The van der Waals surface area contributed by atoms with Gasteiger partial charge in [0.05, 0.1) is 25.0 Å². The molecule has 44 heavy (non-hydrogen) atoms. The molecular weight excluding hydrogens is 574 g/mol. The summed E-state index contributed by atoms with van der Waals surface area (Å²) in [4.78, 5) is 30.5. The number of ether oxygens (including phenoxy) is 3. The molecule has 0 radical (unpaired) electrons. The van der Waals surface area contributed by atoms with Crippen LogP contribution in [-0.2, 0) is 22.5 Å². The number of fused-ring (bicyclic) bond motifs is 2.